The fraction of sp³-hybridized carbons (Fsp3) is 0.857. The van der Waals surface area contributed by atoms with E-state index in [2.05, 4.69) is 29.8 Å². The van der Waals surface area contributed by atoms with E-state index in [1.54, 1.807) is 0 Å². The van der Waals surface area contributed by atoms with Crippen LogP contribution in [0.2, 0.25) is 0 Å². The molecule has 5 heteroatoms. The lowest BCUT2D eigenvalue weighted by atomic mass is 9.52. The lowest BCUT2D eigenvalue weighted by Crippen LogP contribution is -2.66. The number of aliphatic hydroxyl groups is 1. The molecule has 0 aromatic carbocycles. The Morgan fingerprint density at radius 1 is 1.27 bits per heavy atom. The summed E-state index contributed by atoms with van der Waals surface area (Å²) in [6.07, 6.45) is 12.1. The van der Waals surface area contributed by atoms with Crippen molar-refractivity contribution in [1.82, 2.24) is 4.90 Å². The Kier molecular flexibility index (Phi) is 4.09. The predicted molar refractivity (Wildman–Crippen MR) is 99.7 cm³/mol. The molecule has 26 heavy (non-hydrogen) atoms. The highest BCUT2D eigenvalue weighted by Gasteiger charge is 2.58. The third-order valence-corrected chi connectivity index (χ3v) is 7.21. The van der Waals surface area contributed by atoms with Crippen molar-refractivity contribution in [2.45, 2.75) is 88.7 Å². The average Bonchev–Trinajstić information content (AvgIpc) is 3.07. The van der Waals surface area contributed by atoms with Gasteiger partial charge in [0.05, 0.1) is 23.9 Å². The fourth-order valence-corrected chi connectivity index (χ4v) is 6.69. The molecule has 5 nitrogen and oxygen atoms in total. The van der Waals surface area contributed by atoms with E-state index in [4.69, 9.17) is 9.47 Å². The molecule has 0 aromatic rings. The number of hydrogen-bond donors (Lipinski definition) is 1. The molecule has 4 aliphatic carbocycles. The molecule has 5 fully saturated rings. The zero-order valence-corrected chi connectivity index (χ0v) is 16.0. The zero-order chi connectivity index (χ0) is 17.9. The summed E-state index contributed by atoms with van der Waals surface area (Å²) < 4.78 is 12.3. The van der Waals surface area contributed by atoms with Crippen LogP contribution in [0.3, 0.4) is 0 Å². The van der Waals surface area contributed by atoms with Crippen LogP contribution in [0.4, 0.5) is 0 Å². The number of aliphatic imine (C=N–C) groups is 1. The first kappa shape index (κ1) is 17.1. The summed E-state index contributed by atoms with van der Waals surface area (Å²) in [6, 6.07) is 1.40. The summed E-state index contributed by atoms with van der Waals surface area (Å²) in [6.45, 7) is 5.00. The second kappa shape index (κ2) is 6.23. The fourth-order valence-electron chi connectivity index (χ4n) is 6.69. The summed E-state index contributed by atoms with van der Waals surface area (Å²) >= 11 is 0. The van der Waals surface area contributed by atoms with E-state index in [1.807, 2.05) is 6.20 Å². The van der Waals surface area contributed by atoms with E-state index in [1.165, 1.54) is 12.8 Å². The molecule has 6 aliphatic rings. The van der Waals surface area contributed by atoms with Crippen molar-refractivity contribution >= 4 is 6.02 Å². The first-order valence-corrected chi connectivity index (χ1v) is 10.6. The Labute approximate surface area is 156 Å². The number of ether oxygens (including phenoxy) is 2. The summed E-state index contributed by atoms with van der Waals surface area (Å²) in [5, 5.41) is 11.0. The standard InChI is InChI=1S/C21H32N2O3/c1-13(2)26-20-22-6-5-17(18-4-3-7-25-18)23(20)19-15-8-14-9-16(19)12-21(24,10-14)11-15/h5-6,13-19,24H,3-4,7-12H2,1-2H3/t14?,15?,16?,17?,18-,19-,21+/m1/s1. The molecular weight excluding hydrogens is 328 g/mol. The second-order valence-corrected chi connectivity index (χ2v) is 9.55. The SMILES string of the molecule is CC(C)OC1=NC=CC([C@H]2CCCO2)N1[C@H]1C2CC3CC1C[C@@](O)(C3)C2. The van der Waals surface area contributed by atoms with E-state index in [0.717, 1.165) is 44.7 Å². The van der Waals surface area contributed by atoms with Crippen LogP contribution in [-0.2, 0) is 9.47 Å². The van der Waals surface area contributed by atoms with Gasteiger partial charge in [-0.05, 0) is 82.6 Å². The second-order valence-electron chi connectivity index (χ2n) is 9.55. The molecule has 2 heterocycles. The molecule has 3 unspecified atom stereocenters. The quantitative estimate of drug-likeness (QED) is 0.840. The Hall–Kier alpha value is -1.07. The molecule has 0 radical (unpaired) electrons. The number of nitrogens with zero attached hydrogens (tertiary/aromatic N) is 2. The molecule has 1 N–H and O–H groups in total. The maximum Gasteiger partial charge on any atom is 0.293 e. The van der Waals surface area contributed by atoms with Gasteiger partial charge in [0.25, 0.3) is 6.02 Å². The van der Waals surface area contributed by atoms with Crippen molar-refractivity contribution in [3.05, 3.63) is 12.3 Å². The van der Waals surface area contributed by atoms with Crippen LogP contribution < -0.4 is 0 Å². The van der Waals surface area contributed by atoms with Gasteiger partial charge in [-0.15, -0.1) is 0 Å². The lowest BCUT2D eigenvalue weighted by molar-refractivity contribution is -0.160. The van der Waals surface area contributed by atoms with Gasteiger partial charge in [0, 0.05) is 18.8 Å². The first-order chi connectivity index (χ1) is 12.5. The third kappa shape index (κ3) is 2.78. The summed E-state index contributed by atoms with van der Waals surface area (Å²) in [4.78, 5) is 7.11. The molecule has 6 rings (SSSR count). The molecule has 1 saturated heterocycles. The predicted octanol–water partition coefficient (Wildman–Crippen LogP) is 3.08. The van der Waals surface area contributed by atoms with Crippen molar-refractivity contribution in [2.24, 2.45) is 22.7 Å². The molecular formula is C21H32N2O3. The highest BCUT2D eigenvalue weighted by Crippen LogP contribution is 2.57. The van der Waals surface area contributed by atoms with Crippen molar-refractivity contribution in [3.63, 3.8) is 0 Å². The maximum atomic E-state index is 11.0. The van der Waals surface area contributed by atoms with Gasteiger partial charge in [0.1, 0.15) is 0 Å². The Balaban J connectivity index is 1.48. The highest BCUT2D eigenvalue weighted by atomic mass is 16.5. The molecule has 4 saturated carbocycles. The van der Waals surface area contributed by atoms with Crippen LogP contribution in [0.1, 0.15) is 58.8 Å². The topological polar surface area (TPSA) is 54.3 Å². The van der Waals surface area contributed by atoms with Crippen molar-refractivity contribution in [1.29, 1.82) is 0 Å². The number of rotatable bonds is 3. The van der Waals surface area contributed by atoms with Crippen LogP contribution >= 0.6 is 0 Å². The van der Waals surface area contributed by atoms with Gasteiger partial charge in [-0.25, -0.2) is 4.99 Å². The lowest BCUT2D eigenvalue weighted by Gasteiger charge is -2.61. The van der Waals surface area contributed by atoms with Crippen molar-refractivity contribution in [2.75, 3.05) is 6.61 Å². The van der Waals surface area contributed by atoms with Crippen LogP contribution in [0.25, 0.3) is 0 Å². The van der Waals surface area contributed by atoms with Crippen LogP contribution in [0.15, 0.2) is 17.3 Å². The van der Waals surface area contributed by atoms with Gasteiger partial charge in [-0.1, -0.05) is 0 Å². The van der Waals surface area contributed by atoms with Gasteiger partial charge in [-0.3, -0.25) is 0 Å². The Morgan fingerprint density at radius 3 is 2.65 bits per heavy atom. The van der Waals surface area contributed by atoms with Crippen LogP contribution in [0.5, 0.6) is 0 Å². The van der Waals surface area contributed by atoms with Gasteiger partial charge < -0.3 is 19.5 Å². The van der Waals surface area contributed by atoms with E-state index < -0.39 is 5.60 Å². The molecule has 0 amide bonds. The van der Waals surface area contributed by atoms with E-state index in [-0.39, 0.29) is 18.2 Å². The summed E-state index contributed by atoms with van der Waals surface area (Å²) in [7, 11) is 0. The Morgan fingerprint density at radius 2 is 2.04 bits per heavy atom. The largest absolute Gasteiger partial charge is 0.462 e. The molecule has 4 bridgehead atoms. The first-order valence-electron chi connectivity index (χ1n) is 10.6. The van der Waals surface area contributed by atoms with E-state index in [9.17, 15) is 5.11 Å². The summed E-state index contributed by atoms with van der Waals surface area (Å²) in [5.41, 5.74) is -0.409. The van der Waals surface area contributed by atoms with Gasteiger partial charge in [0.15, 0.2) is 0 Å². The van der Waals surface area contributed by atoms with Crippen molar-refractivity contribution < 1.29 is 14.6 Å². The number of hydrogen-bond acceptors (Lipinski definition) is 5. The van der Waals surface area contributed by atoms with E-state index in [0.29, 0.717) is 23.8 Å². The van der Waals surface area contributed by atoms with Crippen LogP contribution in [0, 0.1) is 17.8 Å². The van der Waals surface area contributed by atoms with Gasteiger partial charge in [-0.2, -0.15) is 0 Å². The zero-order valence-electron chi connectivity index (χ0n) is 16.0. The Bertz CT molecular complexity index is 594. The summed E-state index contributed by atoms with van der Waals surface area (Å²) in [5.74, 6) is 1.80. The van der Waals surface area contributed by atoms with Crippen LogP contribution in [-0.4, -0.2) is 52.5 Å². The smallest absolute Gasteiger partial charge is 0.293 e. The minimum absolute atomic E-state index is 0.105. The van der Waals surface area contributed by atoms with E-state index >= 15 is 0 Å². The monoisotopic (exact) mass is 360 g/mol. The molecule has 144 valence electrons. The van der Waals surface area contributed by atoms with Gasteiger partial charge >= 0.3 is 0 Å². The molecule has 2 aliphatic heterocycles. The number of amidine groups is 1. The molecule has 0 spiro atoms. The highest BCUT2D eigenvalue weighted by molar-refractivity contribution is 5.77. The van der Waals surface area contributed by atoms with Crippen molar-refractivity contribution in [3.8, 4) is 0 Å². The maximum absolute atomic E-state index is 11.0. The molecule has 0 aromatic heterocycles. The minimum atomic E-state index is -0.409. The average molecular weight is 360 g/mol. The van der Waals surface area contributed by atoms with Gasteiger partial charge in [0.2, 0.25) is 0 Å². The molecule has 4 atom stereocenters. The third-order valence-electron chi connectivity index (χ3n) is 7.21. The normalized spacial score (nSPS) is 46.9. The minimum Gasteiger partial charge on any atom is -0.462 e.